The second kappa shape index (κ2) is 6.74. The maximum absolute atomic E-state index is 12.0. The minimum absolute atomic E-state index is 0.00202. The van der Waals surface area contributed by atoms with Gasteiger partial charge in [-0.2, -0.15) is 11.8 Å². The summed E-state index contributed by atoms with van der Waals surface area (Å²) < 4.78 is 0. The molecule has 1 unspecified atom stereocenters. The number of carboxylic acid groups (broad SMARTS) is 1. The van der Waals surface area contributed by atoms with Crippen molar-refractivity contribution in [3.63, 3.8) is 0 Å². The van der Waals surface area contributed by atoms with Crippen molar-refractivity contribution in [2.75, 3.05) is 32.4 Å². The number of rotatable bonds is 4. The number of carbonyl (C=O) groups is 2. The van der Waals surface area contributed by atoms with Crippen molar-refractivity contribution in [3.05, 3.63) is 0 Å². The summed E-state index contributed by atoms with van der Waals surface area (Å²) in [6, 6.07) is -0.0509. The first-order chi connectivity index (χ1) is 8.04. The van der Waals surface area contributed by atoms with Crippen LogP contribution in [0, 0.1) is 0 Å². The third kappa shape index (κ3) is 4.46. The van der Waals surface area contributed by atoms with Gasteiger partial charge in [-0.15, -0.1) is 0 Å². The summed E-state index contributed by atoms with van der Waals surface area (Å²) >= 11 is 1.91. The van der Waals surface area contributed by atoms with E-state index in [-0.39, 0.29) is 19.0 Å². The number of nitrogens with zero attached hydrogens (tertiary/aromatic N) is 2. The molecule has 0 saturated carbocycles. The molecule has 1 aliphatic rings. The van der Waals surface area contributed by atoms with E-state index in [1.54, 1.807) is 7.05 Å². The number of amides is 2. The number of urea groups is 1. The number of thioether (sulfide) groups is 1. The van der Waals surface area contributed by atoms with Crippen molar-refractivity contribution in [2.45, 2.75) is 25.0 Å². The minimum atomic E-state index is -0.870. The molecule has 0 radical (unpaired) electrons. The zero-order chi connectivity index (χ0) is 12.8. The number of aliphatic carboxylic acids is 1. The maximum atomic E-state index is 12.0. The number of carboxylic acids is 1. The Balaban J connectivity index is 2.42. The van der Waals surface area contributed by atoms with Gasteiger partial charge in [0.2, 0.25) is 0 Å². The molecule has 2 amide bonds. The molecule has 0 aromatic carbocycles. The molecule has 1 aliphatic heterocycles. The zero-order valence-electron chi connectivity index (χ0n) is 10.4. The van der Waals surface area contributed by atoms with Crippen LogP contribution < -0.4 is 0 Å². The maximum Gasteiger partial charge on any atom is 0.319 e. The van der Waals surface area contributed by atoms with Gasteiger partial charge < -0.3 is 14.9 Å². The summed E-state index contributed by atoms with van der Waals surface area (Å²) in [5.41, 5.74) is 0. The van der Waals surface area contributed by atoms with Crippen molar-refractivity contribution in [3.8, 4) is 0 Å². The quantitative estimate of drug-likeness (QED) is 0.828. The molecule has 1 heterocycles. The van der Waals surface area contributed by atoms with Gasteiger partial charge in [0, 0.05) is 37.7 Å². The van der Waals surface area contributed by atoms with Crippen LogP contribution in [0.1, 0.15) is 19.8 Å². The molecule has 1 fully saturated rings. The van der Waals surface area contributed by atoms with Crippen molar-refractivity contribution < 1.29 is 14.7 Å². The molecule has 17 heavy (non-hydrogen) atoms. The van der Waals surface area contributed by atoms with Gasteiger partial charge in [-0.25, -0.2) is 4.79 Å². The molecular formula is C11H20N2O3S. The smallest absolute Gasteiger partial charge is 0.319 e. The Hall–Kier alpha value is -0.910. The van der Waals surface area contributed by atoms with Crippen LogP contribution in [-0.4, -0.2) is 64.6 Å². The predicted molar refractivity (Wildman–Crippen MR) is 68.4 cm³/mol. The van der Waals surface area contributed by atoms with Crippen molar-refractivity contribution in [2.24, 2.45) is 0 Å². The second-order valence-electron chi connectivity index (χ2n) is 4.19. The van der Waals surface area contributed by atoms with Crippen LogP contribution in [0.5, 0.6) is 0 Å². The molecule has 1 N–H and O–H groups in total. The first kappa shape index (κ1) is 14.2. The van der Waals surface area contributed by atoms with E-state index in [9.17, 15) is 9.59 Å². The molecule has 0 aliphatic carbocycles. The van der Waals surface area contributed by atoms with Crippen LogP contribution in [-0.2, 0) is 4.79 Å². The largest absolute Gasteiger partial charge is 0.481 e. The number of carbonyl (C=O) groups excluding carboxylic acids is 1. The van der Waals surface area contributed by atoms with Crippen LogP contribution in [0.2, 0.25) is 0 Å². The molecule has 1 atom stereocenters. The van der Waals surface area contributed by atoms with Gasteiger partial charge in [-0.3, -0.25) is 4.79 Å². The SMILES string of the molecule is CCC1CN(C(=O)N(C)CCC(=O)O)CCS1. The lowest BCUT2D eigenvalue weighted by Gasteiger charge is -2.34. The molecule has 0 aromatic heterocycles. The van der Waals surface area contributed by atoms with Crippen LogP contribution in [0.15, 0.2) is 0 Å². The Morgan fingerprint density at radius 2 is 2.24 bits per heavy atom. The van der Waals surface area contributed by atoms with Gasteiger partial charge in [-0.1, -0.05) is 6.92 Å². The highest BCUT2D eigenvalue weighted by molar-refractivity contribution is 8.00. The number of hydrogen-bond donors (Lipinski definition) is 1. The molecule has 0 bridgehead atoms. The van der Waals surface area contributed by atoms with Gasteiger partial charge >= 0.3 is 12.0 Å². The first-order valence-electron chi connectivity index (χ1n) is 5.88. The molecule has 1 rings (SSSR count). The highest BCUT2D eigenvalue weighted by Crippen LogP contribution is 2.21. The lowest BCUT2D eigenvalue weighted by atomic mass is 10.3. The van der Waals surface area contributed by atoms with E-state index >= 15 is 0 Å². The van der Waals surface area contributed by atoms with Crippen LogP contribution in [0.4, 0.5) is 4.79 Å². The van der Waals surface area contributed by atoms with Gasteiger partial charge in [-0.05, 0) is 6.42 Å². The third-order valence-corrected chi connectivity index (χ3v) is 4.22. The lowest BCUT2D eigenvalue weighted by molar-refractivity contribution is -0.137. The van der Waals surface area contributed by atoms with Gasteiger partial charge in [0.25, 0.3) is 0 Å². The van der Waals surface area contributed by atoms with E-state index in [2.05, 4.69) is 6.92 Å². The molecule has 0 aromatic rings. The number of hydrogen-bond acceptors (Lipinski definition) is 3. The fourth-order valence-corrected chi connectivity index (χ4v) is 2.92. The van der Waals surface area contributed by atoms with Gasteiger partial charge in [0.15, 0.2) is 0 Å². The predicted octanol–water partition coefficient (Wildman–Crippen LogP) is 1.34. The van der Waals surface area contributed by atoms with E-state index in [4.69, 9.17) is 5.11 Å². The Morgan fingerprint density at radius 3 is 2.82 bits per heavy atom. The zero-order valence-corrected chi connectivity index (χ0v) is 11.2. The summed E-state index contributed by atoms with van der Waals surface area (Å²) in [5, 5.41) is 9.09. The highest BCUT2D eigenvalue weighted by Gasteiger charge is 2.25. The van der Waals surface area contributed by atoms with Crippen LogP contribution in [0.3, 0.4) is 0 Å². The Labute approximate surface area is 106 Å². The van der Waals surface area contributed by atoms with E-state index in [0.717, 1.165) is 25.3 Å². The molecule has 6 heteroatoms. The standard InChI is InChI=1S/C11H20N2O3S/c1-3-9-8-13(6-7-17-9)11(16)12(2)5-4-10(14)15/h9H,3-8H2,1-2H3,(H,14,15). The summed E-state index contributed by atoms with van der Waals surface area (Å²) in [6.45, 7) is 3.93. The second-order valence-corrected chi connectivity index (χ2v) is 5.60. The lowest BCUT2D eigenvalue weighted by Crippen LogP contribution is -2.47. The Kier molecular flexibility index (Phi) is 5.61. The average molecular weight is 260 g/mol. The van der Waals surface area contributed by atoms with Crippen molar-refractivity contribution in [1.82, 2.24) is 9.80 Å². The Morgan fingerprint density at radius 1 is 1.53 bits per heavy atom. The van der Waals surface area contributed by atoms with Crippen LogP contribution >= 0.6 is 11.8 Å². The summed E-state index contributed by atoms with van der Waals surface area (Å²) in [7, 11) is 1.66. The Bertz CT molecular complexity index is 286. The van der Waals surface area contributed by atoms with Crippen molar-refractivity contribution >= 4 is 23.8 Å². The highest BCUT2D eigenvalue weighted by atomic mass is 32.2. The minimum Gasteiger partial charge on any atom is -0.481 e. The van der Waals surface area contributed by atoms with Gasteiger partial charge in [0.05, 0.1) is 6.42 Å². The summed E-state index contributed by atoms with van der Waals surface area (Å²) in [6.07, 6.45) is 1.06. The van der Waals surface area contributed by atoms with E-state index in [1.807, 2.05) is 16.7 Å². The molecule has 0 spiro atoms. The molecule has 98 valence electrons. The van der Waals surface area contributed by atoms with E-state index in [0.29, 0.717) is 5.25 Å². The first-order valence-corrected chi connectivity index (χ1v) is 6.93. The van der Waals surface area contributed by atoms with E-state index in [1.165, 1.54) is 4.90 Å². The van der Waals surface area contributed by atoms with Crippen molar-refractivity contribution in [1.29, 1.82) is 0 Å². The monoisotopic (exact) mass is 260 g/mol. The van der Waals surface area contributed by atoms with Crippen LogP contribution in [0.25, 0.3) is 0 Å². The average Bonchev–Trinajstić information content (AvgIpc) is 2.35. The van der Waals surface area contributed by atoms with E-state index < -0.39 is 5.97 Å². The fourth-order valence-electron chi connectivity index (χ4n) is 1.74. The molecule has 5 nitrogen and oxygen atoms in total. The van der Waals surface area contributed by atoms with Gasteiger partial charge in [0.1, 0.15) is 0 Å². The third-order valence-electron chi connectivity index (χ3n) is 2.85. The molecular weight excluding hydrogens is 240 g/mol. The summed E-state index contributed by atoms with van der Waals surface area (Å²) in [4.78, 5) is 25.8. The molecule has 1 saturated heterocycles. The topological polar surface area (TPSA) is 60.9 Å². The summed E-state index contributed by atoms with van der Waals surface area (Å²) in [5.74, 6) is 0.0992. The fraction of sp³-hybridized carbons (Fsp3) is 0.818. The normalized spacial score (nSPS) is 20.1.